The normalized spacial score (nSPS) is 14.4. The molecule has 0 radical (unpaired) electrons. The highest BCUT2D eigenvalue weighted by Gasteiger charge is 2.17. The van der Waals surface area contributed by atoms with Crippen LogP contribution < -0.4 is 5.32 Å². The third-order valence-electron chi connectivity index (χ3n) is 3.23. The number of likely N-dealkylation sites (N-methyl/N-ethyl adjacent to an activating group) is 2. The van der Waals surface area contributed by atoms with Gasteiger partial charge < -0.3 is 10.2 Å². The Morgan fingerprint density at radius 1 is 1.14 bits per heavy atom. The maximum Gasteiger partial charge on any atom is 0.0214 e. The maximum atomic E-state index is 3.39. The summed E-state index contributed by atoms with van der Waals surface area (Å²) in [5.74, 6) is 0.705. The van der Waals surface area contributed by atoms with Crippen LogP contribution >= 0.6 is 0 Å². The molecule has 86 valence electrons. The smallest absolute Gasteiger partial charge is 0.0214 e. The summed E-state index contributed by atoms with van der Waals surface area (Å²) in [4.78, 5) is 2.49. The zero-order valence-electron chi connectivity index (χ0n) is 10.8. The number of hydrogen-bond acceptors (Lipinski definition) is 2. The first-order valence-electron chi connectivity index (χ1n) is 5.94. The Morgan fingerprint density at radius 2 is 1.64 bits per heavy atom. The molecule has 1 N–H and O–H groups in total. The van der Waals surface area contributed by atoms with Crippen LogP contribution in [-0.4, -0.2) is 37.6 Å². The summed E-state index contributed by atoms with van der Waals surface area (Å²) in [7, 11) is 4.30. The highest BCUT2D eigenvalue weighted by molar-refractivity contribution is 4.75. The minimum Gasteiger partial charge on any atom is -0.315 e. The summed E-state index contributed by atoms with van der Waals surface area (Å²) in [5, 5.41) is 3.39. The Bertz CT molecular complexity index is 130. The molecule has 0 aromatic carbocycles. The second-order valence-electron chi connectivity index (χ2n) is 4.55. The number of hydrogen-bond donors (Lipinski definition) is 1. The lowest BCUT2D eigenvalue weighted by Crippen LogP contribution is -2.44. The SMILES string of the molecule is CCC(CC)N(C)CC(NC)C(C)C. The van der Waals surface area contributed by atoms with Crippen LogP contribution in [0.2, 0.25) is 0 Å². The van der Waals surface area contributed by atoms with Gasteiger partial charge in [-0.15, -0.1) is 0 Å². The lowest BCUT2D eigenvalue weighted by Gasteiger charge is -2.31. The average molecular weight is 200 g/mol. The van der Waals surface area contributed by atoms with E-state index in [1.54, 1.807) is 0 Å². The Kier molecular flexibility index (Phi) is 7.20. The standard InChI is InChI=1S/C12H28N2/c1-7-11(8-2)14(6)9-12(13-5)10(3)4/h10-13H,7-9H2,1-6H3. The fourth-order valence-electron chi connectivity index (χ4n) is 2.01. The number of nitrogens with one attached hydrogen (secondary N) is 1. The molecule has 0 aliphatic carbocycles. The summed E-state index contributed by atoms with van der Waals surface area (Å²) in [6, 6.07) is 1.35. The van der Waals surface area contributed by atoms with Crippen molar-refractivity contribution in [1.82, 2.24) is 10.2 Å². The number of nitrogens with zero attached hydrogens (tertiary/aromatic N) is 1. The van der Waals surface area contributed by atoms with Crippen LogP contribution in [-0.2, 0) is 0 Å². The van der Waals surface area contributed by atoms with E-state index in [1.165, 1.54) is 12.8 Å². The van der Waals surface area contributed by atoms with E-state index in [1.807, 2.05) is 0 Å². The van der Waals surface area contributed by atoms with Crippen LogP contribution in [0, 0.1) is 5.92 Å². The molecule has 0 heterocycles. The van der Waals surface area contributed by atoms with Crippen molar-refractivity contribution in [2.24, 2.45) is 5.92 Å². The quantitative estimate of drug-likeness (QED) is 0.678. The summed E-state index contributed by atoms with van der Waals surface area (Å²) < 4.78 is 0. The Morgan fingerprint density at radius 3 is 1.93 bits per heavy atom. The summed E-state index contributed by atoms with van der Waals surface area (Å²) >= 11 is 0. The van der Waals surface area contributed by atoms with Gasteiger partial charge in [-0.05, 0) is 32.9 Å². The molecular formula is C12H28N2. The highest BCUT2D eigenvalue weighted by atomic mass is 15.1. The van der Waals surface area contributed by atoms with Gasteiger partial charge >= 0.3 is 0 Å². The molecule has 0 aliphatic heterocycles. The van der Waals surface area contributed by atoms with Gasteiger partial charge in [-0.1, -0.05) is 27.7 Å². The monoisotopic (exact) mass is 200 g/mol. The van der Waals surface area contributed by atoms with Gasteiger partial charge in [-0.3, -0.25) is 0 Å². The number of rotatable bonds is 7. The van der Waals surface area contributed by atoms with Crippen LogP contribution in [0.1, 0.15) is 40.5 Å². The van der Waals surface area contributed by atoms with E-state index in [-0.39, 0.29) is 0 Å². The van der Waals surface area contributed by atoms with Gasteiger partial charge in [-0.2, -0.15) is 0 Å². The highest BCUT2D eigenvalue weighted by Crippen LogP contribution is 2.09. The maximum absolute atomic E-state index is 3.39. The Hall–Kier alpha value is -0.0800. The lowest BCUT2D eigenvalue weighted by molar-refractivity contribution is 0.192. The summed E-state index contributed by atoms with van der Waals surface area (Å²) in [6.07, 6.45) is 2.50. The van der Waals surface area contributed by atoms with E-state index in [4.69, 9.17) is 0 Å². The molecule has 0 fully saturated rings. The van der Waals surface area contributed by atoms with Gasteiger partial charge in [0.05, 0.1) is 0 Å². The second kappa shape index (κ2) is 7.24. The summed E-state index contributed by atoms with van der Waals surface area (Å²) in [6.45, 7) is 10.3. The third kappa shape index (κ3) is 4.43. The van der Waals surface area contributed by atoms with Crippen molar-refractivity contribution in [3.8, 4) is 0 Å². The second-order valence-corrected chi connectivity index (χ2v) is 4.55. The van der Waals surface area contributed by atoms with Gasteiger partial charge in [0, 0.05) is 18.6 Å². The van der Waals surface area contributed by atoms with Gasteiger partial charge in [0.1, 0.15) is 0 Å². The Labute approximate surface area is 90.1 Å². The molecular weight excluding hydrogens is 172 g/mol. The zero-order valence-corrected chi connectivity index (χ0v) is 10.8. The third-order valence-corrected chi connectivity index (χ3v) is 3.23. The van der Waals surface area contributed by atoms with E-state index in [9.17, 15) is 0 Å². The molecule has 0 spiro atoms. The molecule has 0 aromatic rings. The average Bonchev–Trinajstić information content (AvgIpc) is 2.15. The van der Waals surface area contributed by atoms with Crippen molar-refractivity contribution in [1.29, 1.82) is 0 Å². The van der Waals surface area contributed by atoms with E-state index in [2.05, 4.69) is 52.0 Å². The fraction of sp³-hybridized carbons (Fsp3) is 1.00. The van der Waals surface area contributed by atoms with Crippen LogP contribution in [0.5, 0.6) is 0 Å². The molecule has 0 aliphatic rings. The minimum absolute atomic E-state index is 0.612. The summed E-state index contributed by atoms with van der Waals surface area (Å²) in [5.41, 5.74) is 0. The minimum atomic E-state index is 0.612. The predicted octanol–water partition coefficient (Wildman–Crippen LogP) is 2.35. The molecule has 0 saturated carbocycles. The molecule has 14 heavy (non-hydrogen) atoms. The van der Waals surface area contributed by atoms with Gasteiger partial charge in [0.2, 0.25) is 0 Å². The fourth-order valence-corrected chi connectivity index (χ4v) is 2.01. The first-order valence-corrected chi connectivity index (χ1v) is 5.94. The predicted molar refractivity (Wildman–Crippen MR) is 64.7 cm³/mol. The van der Waals surface area contributed by atoms with Crippen molar-refractivity contribution >= 4 is 0 Å². The Balaban J connectivity index is 4.06. The van der Waals surface area contributed by atoms with E-state index in [0.29, 0.717) is 12.0 Å². The molecule has 0 amide bonds. The molecule has 0 bridgehead atoms. The molecule has 0 aromatic heterocycles. The van der Waals surface area contributed by atoms with Crippen LogP contribution in [0.4, 0.5) is 0 Å². The largest absolute Gasteiger partial charge is 0.315 e. The van der Waals surface area contributed by atoms with Crippen LogP contribution in [0.15, 0.2) is 0 Å². The first-order chi connectivity index (χ1) is 6.56. The van der Waals surface area contributed by atoms with E-state index in [0.717, 1.165) is 12.6 Å². The lowest BCUT2D eigenvalue weighted by atomic mass is 10.0. The van der Waals surface area contributed by atoms with Gasteiger partial charge in [0.25, 0.3) is 0 Å². The van der Waals surface area contributed by atoms with Crippen LogP contribution in [0.25, 0.3) is 0 Å². The van der Waals surface area contributed by atoms with E-state index >= 15 is 0 Å². The molecule has 1 unspecified atom stereocenters. The molecule has 0 saturated heterocycles. The van der Waals surface area contributed by atoms with Gasteiger partial charge in [0.15, 0.2) is 0 Å². The molecule has 2 nitrogen and oxygen atoms in total. The zero-order chi connectivity index (χ0) is 11.1. The molecule has 0 rings (SSSR count). The molecule has 1 atom stereocenters. The van der Waals surface area contributed by atoms with Crippen molar-refractivity contribution in [2.75, 3.05) is 20.6 Å². The molecule has 2 heteroatoms. The van der Waals surface area contributed by atoms with Gasteiger partial charge in [-0.25, -0.2) is 0 Å². The van der Waals surface area contributed by atoms with Crippen molar-refractivity contribution < 1.29 is 0 Å². The first kappa shape index (κ1) is 13.9. The topological polar surface area (TPSA) is 15.3 Å². The van der Waals surface area contributed by atoms with E-state index < -0.39 is 0 Å². The van der Waals surface area contributed by atoms with Crippen LogP contribution in [0.3, 0.4) is 0 Å². The van der Waals surface area contributed by atoms with Crippen molar-refractivity contribution in [2.45, 2.75) is 52.6 Å². The van der Waals surface area contributed by atoms with Crippen molar-refractivity contribution in [3.63, 3.8) is 0 Å². The van der Waals surface area contributed by atoms with Crippen molar-refractivity contribution in [3.05, 3.63) is 0 Å².